The molecule has 0 atom stereocenters. The Morgan fingerprint density at radius 3 is 2.36 bits per heavy atom. The van der Waals surface area contributed by atoms with Gasteiger partial charge in [-0.25, -0.2) is 9.97 Å². The molecule has 0 aliphatic heterocycles. The zero-order valence-electron chi connectivity index (χ0n) is 18.3. The molecule has 7 heteroatoms. The van der Waals surface area contributed by atoms with Crippen molar-refractivity contribution in [1.29, 1.82) is 0 Å². The maximum absolute atomic E-state index is 13.3. The number of hydrogen-bond donors (Lipinski definition) is 2. The van der Waals surface area contributed by atoms with Crippen molar-refractivity contribution in [3.8, 4) is 0 Å². The monoisotopic (exact) mass is 434 g/mol. The third-order valence-corrected chi connectivity index (χ3v) is 5.34. The Labute approximate surface area is 190 Å². The van der Waals surface area contributed by atoms with Crippen LogP contribution in [0.3, 0.4) is 0 Å². The lowest BCUT2D eigenvalue weighted by Crippen LogP contribution is -2.14. The zero-order chi connectivity index (χ0) is 22.9. The van der Waals surface area contributed by atoms with Crippen LogP contribution in [0.4, 0.5) is 11.5 Å². The third kappa shape index (κ3) is 3.92. The van der Waals surface area contributed by atoms with Gasteiger partial charge >= 0.3 is 0 Å². The van der Waals surface area contributed by atoms with Gasteiger partial charge in [0.25, 0.3) is 5.91 Å². The van der Waals surface area contributed by atoms with Crippen LogP contribution in [0.5, 0.6) is 0 Å². The molecule has 33 heavy (non-hydrogen) atoms. The smallest absolute Gasteiger partial charge is 0.261 e. The molecule has 0 saturated heterocycles. The van der Waals surface area contributed by atoms with E-state index in [0.29, 0.717) is 27.9 Å². The van der Waals surface area contributed by atoms with E-state index in [4.69, 9.17) is 15.7 Å². The molecule has 162 valence electrons. The summed E-state index contributed by atoms with van der Waals surface area (Å²) >= 11 is 0. The summed E-state index contributed by atoms with van der Waals surface area (Å²) in [6.45, 7) is 3.98. The van der Waals surface area contributed by atoms with Crippen molar-refractivity contribution in [2.45, 2.75) is 13.8 Å². The van der Waals surface area contributed by atoms with E-state index in [9.17, 15) is 4.79 Å². The summed E-state index contributed by atoms with van der Waals surface area (Å²) in [6.07, 6.45) is 1.70. The van der Waals surface area contributed by atoms with Crippen LogP contribution in [0.15, 0.2) is 77.9 Å². The number of carbonyl (C=O) groups is 1. The molecule has 5 rings (SSSR count). The number of nitrogens with two attached hydrogens (primary N) is 1. The topological polar surface area (TPSA) is 98.2 Å². The Hall–Kier alpha value is -4.52. The van der Waals surface area contributed by atoms with E-state index in [1.807, 2.05) is 86.6 Å². The van der Waals surface area contributed by atoms with Gasteiger partial charge in [-0.05, 0) is 49.2 Å². The first-order valence-corrected chi connectivity index (χ1v) is 10.6. The molecule has 0 spiro atoms. The second-order valence-corrected chi connectivity index (χ2v) is 7.94. The first-order chi connectivity index (χ1) is 16.0. The van der Waals surface area contributed by atoms with Gasteiger partial charge in [-0.15, -0.1) is 0 Å². The van der Waals surface area contributed by atoms with Crippen LogP contribution in [0, 0.1) is 13.8 Å². The molecular weight excluding hydrogens is 412 g/mol. The van der Waals surface area contributed by atoms with E-state index in [2.05, 4.69) is 10.4 Å². The van der Waals surface area contributed by atoms with E-state index in [-0.39, 0.29) is 17.3 Å². The molecule has 0 saturated carbocycles. The van der Waals surface area contributed by atoms with E-state index in [1.165, 1.54) is 4.68 Å². The van der Waals surface area contributed by atoms with Crippen LogP contribution in [-0.4, -0.2) is 26.8 Å². The molecule has 0 radical (unpaired) electrons. The minimum atomic E-state index is -0.364. The molecule has 2 aromatic heterocycles. The van der Waals surface area contributed by atoms with Crippen molar-refractivity contribution in [3.05, 3.63) is 95.1 Å². The highest BCUT2D eigenvalue weighted by atomic mass is 16.1. The Balaban J connectivity index is 1.67. The first-order valence-electron chi connectivity index (χ1n) is 10.6. The average Bonchev–Trinajstić information content (AvgIpc) is 3.06. The standard InChI is InChI=1S/C26H22N6O/c1-16-7-5-9-18(13-16)15-28-32-24(27)22(26(33)29-19-10-6-8-17(2)14-19)23-25(32)31-21-12-4-3-11-20(21)30-23/h3-15H,27H2,1-2H3,(H,29,33). The van der Waals surface area contributed by atoms with Crippen LogP contribution < -0.4 is 11.1 Å². The number of fused-ring (bicyclic) bond motifs is 2. The number of hydrogen-bond acceptors (Lipinski definition) is 5. The van der Waals surface area contributed by atoms with Gasteiger partial charge in [0, 0.05) is 5.69 Å². The maximum atomic E-state index is 13.3. The van der Waals surface area contributed by atoms with Gasteiger partial charge in [0.05, 0.1) is 17.2 Å². The van der Waals surface area contributed by atoms with Gasteiger partial charge in [0.1, 0.15) is 16.9 Å². The number of nitrogen functional groups attached to an aromatic ring is 1. The summed E-state index contributed by atoms with van der Waals surface area (Å²) in [5.74, 6) is -0.188. The fourth-order valence-electron chi connectivity index (χ4n) is 3.78. The quantitative estimate of drug-likeness (QED) is 0.392. The Morgan fingerprint density at radius 2 is 1.64 bits per heavy atom. The number of amides is 1. The zero-order valence-corrected chi connectivity index (χ0v) is 18.3. The van der Waals surface area contributed by atoms with Crippen molar-refractivity contribution in [2.75, 3.05) is 11.1 Å². The van der Waals surface area contributed by atoms with E-state index < -0.39 is 0 Å². The summed E-state index contributed by atoms with van der Waals surface area (Å²) in [5, 5.41) is 7.48. The number of anilines is 2. The lowest BCUT2D eigenvalue weighted by atomic mass is 10.2. The summed E-state index contributed by atoms with van der Waals surface area (Å²) in [4.78, 5) is 22.7. The van der Waals surface area contributed by atoms with Gasteiger partial charge in [-0.1, -0.05) is 54.1 Å². The number of nitrogens with zero attached hydrogens (tertiary/aromatic N) is 4. The van der Waals surface area contributed by atoms with Gasteiger partial charge in [-0.3, -0.25) is 4.79 Å². The largest absolute Gasteiger partial charge is 0.383 e. The van der Waals surface area contributed by atoms with Crippen molar-refractivity contribution >= 4 is 45.8 Å². The molecule has 3 N–H and O–H groups in total. The SMILES string of the molecule is Cc1cccc(C=Nn2c(N)c(C(=O)Nc3cccc(C)c3)c3nc4ccccc4nc32)c1. The molecule has 1 amide bonds. The summed E-state index contributed by atoms with van der Waals surface area (Å²) in [5.41, 5.74) is 12.6. The number of aryl methyl sites for hydroxylation is 2. The van der Waals surface area contributed by atoms with Crippen LogP contribution in [0.1, 0.15) is 27.0 Å². The number of para-hydroxylation sites is 2. The molecule has 2 heterocycles. The molecular formula is C26H22N6O. The molecule has 0 bridgehead atoms. The lowest BCUT2D eigenvalue weighted by molar-refractivity contribution is 0.102. The van der Waals surface area contributed by atoms with E-state index >= 15 is 0 Å². The lowest BCUT2D eigenvalue weighted by Gasteiger charge is -2.06. The van der Waals surface area contributed by atoms with Crippen LogP contribution in [0.2, 0.25) is 0 Å². The van der Waals surface area contributed by atoms with Crippen LogP contribution in [0.25, 0.3) is 22.2 Å². The maximum Gasteiger partial charge on any atom is 0.261 e. The second-order valence-electron chi connectivity index (χ2n) is 7.94. The third-order valence-electron chi connectivity index (χ3n) is 5.34. The van der Waals surface area contributed by atoms with Crippen LogP contribution >= 0.6 is 0 Å². The van der Waals surface area contributed by atoms with Crippen molar-refractivity contribution < 1.29 is 4.79 Å². The minimum absolute atomic E-state index is 0.175. The summed E-state index contributed by atoms with van der Waals surface area (Å²) < 4.78 is 1.47. The average molecular weight is 435 g/mol. The van der Waals surface area contributed by atoms with Gasteiger partial charge in [0.2, 0.25) is 0 Å². The van der Waals surface area contributed by atoms with Crippen molar-refractivity contribution in [2.24, 2.45) is 5.10 Å². The normalized spacial score (nSPS) is 11.5. The molecule has 0 fully saturated rings. The number of nitrogens with one attached hydrogen (secondary N) is 1. The number of aromatic nitrogens is 3. The highest BCUT2D eigenvalue weighted by molar-refractivity contribution is 6.16. The van der Waals surface area contributed by atoms with Crippen molar-refractivity contribution in [1.82, 2.24) is 14.6 Å². The van der Waals surface area contributed by atoms with E-state index in [1.54, 1.807) is 6.21 Å². The second kappa shape index (κ2) is 8.20. The van der Waals surface area contributed by atoms with Gasteiger partial charge < -0.3 is 11.1 Å². The van der Waals surface area contributed by atoms with Crippen molar-refractivity contribution in [3.63, 3.8) is 0 Å². The fourth-order valence-corrected chi connectivity index (χ4v) is 3.78. The molecule has 7 nitrogen and oxygen atoms in total. The Morgan fingerprint density at radius 1 is 0.939 bits per heavy atom. The molecule has 5 aromatic rings. The number of carbonyl (C=O) groups excluding carboxylic acids is 1. The highest BCUT2D eigenvalue weighted by Crippen LogP contribution is 2.28. The molecule has 0 aliphatic rings. The molecule has 0 unspecified atom stereocenters. The Bertz CT molecular complexity index is 1550. The predicted octanol–water partition coefficient (Wildman–Crippen LogP) is 4.92. The summed E-state index contributed by atoms with van der Waals surface area (Å²) in [7, 11) is 0. The van der Waals surface area contributed by atoms with Gasteiger partial charge in [-0.2, -0.15) is 9.78 Å². The van der Waals surface area contributed by atoms with Gasteiger partial charge in [0.15, 0.2) is 5.65 Å². The molecule has 0 aliphatic carbocycles. The fraction of sp³-hybridized carbons (Fsp3) is 0.0769. The number of rotatable bonds is 4. The Kier molecular flexibility index (Phi) is 5.06. The highest BCUT2D eigenvalue weighted by Gasteiger charge is 2.24. The summed E-state index contributed by atoms with van der Waals surface area (Å²) in [6, 6.07) is 23.0. The van der Waals surface area contributed by atoms with Crippen LogP contribution in [-0.2, 0) is 0 Å². The predicted molar refractivity (Wildman–Crippen MR) is 133 cm³/mol. The number of benzene rings is 3. The minimum Gasteiger partial charge on any atom is -0.383 e. The van der Waals surface area contributed by atoms with E-state index in [0.717, 1.165) is 16.7 Å². The molecule has 3 aromatic carbocycles. The first kappa shape index (κ1) is 20.4.